The lowest BCUT2D eigenvalue weighted by Gasteiger charge is -2.22. The molecule has 1 aromatic heterocycles. The molecule has 27 heavy (non-hydrogen) atoms. The smallest absolute Gasteiger partial charge is 0.407 e. The first-order chi connectivity index (χ1) is 12.9. The van der Waals surface area contributed by atoms with Gasteiger partial charge in [-0.25, -0.2) is 9.79 Å². The number of guanidine groups is 1. The van der Waals surface area contributed by atoms with Crippen LogP contribution in [0.1, 0.15) is 45.1 Å². The molecule has 1 aliphatic carbocycles. The Kier molecular flexibility index (Phi) is 7.53. The largest absolute Gasteiger partial charge is 0.463 e. The number of hydrogen-bond acceptors (Lipinski definition) is 5. The Hall–Kier alpha value is -2.22. The summed E-state index contributed by atoms with van der Waals surface area (Å²) in [5.74, 6) is 2.27. The molecule has 1 aromatic rings. The maximum absolute atomic E-state index is 11.7. The van der Waals surface area contributed by atoms with E-state index in [2.05, 4.69) is 20.9 Å². The molecule has 0 saturated heterocycles. The number of ether oxygens (including phenoxy) is 1. The van der Waals surface area contributed by atoms with E-state index in [1.807, 2.05) is 19.9 Å². The second-order valence-corrected chi connectivity index (χ2v) is 7.07. The number of carbonyl (C=O) groups is 1. The predicted octanol–water partition coefficient (Wildman–Crippen LogP) is 1.88. The van der Waals surface area contributed by atoms with Gasteiger partial charge in [-0.15, -0.1) is 0 Å². The van der Waals surface area contributed by atoms with Crippen LogP contribution in [0.5, 0.6) is 0 Å². The lowest BCUT2D eigenvalue weighted by Crippen LogP contribution is -2.48. The van der Waals surface area contributed by atoms with Gasteiger partial charge in [-0.1, -0.05) is 0 Å². The summed E-state index contributed by atoms with van der Waals surface area (Å²) >= 11 is 0. The molecule has 1 aliphatic rings. The summed E-state index contributed by atoms with van der Waals surface area (Å²) in [5.41, 5.74) is -1.20. The van der Waals surface area contributed by atoms with Crippen molar-refractivity contribution in [2.75, 3.05) is 26.2 Å². The van der Waals surface area contributed by atoms with Gasteiger partial charge in [0.15, 0.2) is 5.96 Å². The molecule has 1 fully saturated rings. The van der Waals surface area contributed by atoms with E-state index in [0.29, 0.717) is 37.3 Å². The van der Waals surface area contributed by atoms with Crippen LogP contribution >= 0.6 is 0 Å². The van der Waals surface area contributed by atoms with Gasteiger partial charge in [0, 0.05) is 13.1 Å². The zero-order valence-electron chi connectivity index (χ0n) is 16.7. The average molecular weight is 380 g/mol. The third kappa shape index (κ3) is 6.78. The lowest BCUT2D eigenvalue weighted by atomic mass is 10.0. The maximum Gasteiger partial charge on any atom is 0.407 e. The minimum Gasteiger partial charge on any atom is -0.463 e. The van der Waals surface area contributed by atoms with Crippen molar-refractivity contribution < 1.29 is 19.1 Å². The third-order valence-electron chi connectivity index (χ3n) is 4.42. The van der Waals surface area contributed by atoms with Gasteiger partial charge in [0.1, 0.15) is 17.1 Å². The number of aliphatic imine (C=N–C) groups is 1. The molecule has 1 saturated carbocycles. The Morgan fingerprint density at radius 1 is 1.41 bits per heavy atom. The fourth-order valence-electron chi connectivity index (χ4n) is 2.74. The molecule has 8 heteroatoms. The summed E-state index contributed by atoms with van der Waals surface area (Å²) < 4.78 is 10.5. The Labute approximate surface area is 160 Å². The van der Waals surface area contributed by atoms with E-state index in [1.54, 1.807) is 19.9 Å². The van der Waals surface area contributed by atoms with Gasteiger partial charge >= 0.3 is 6.09 Å². The van der Waals surface area contributed by atoms with Crippen molar-refractivity contribution in [2.24, 2.45) is 10.9 Å². The van der Waals surface area contributed by atoms with Crippen LogP contribution in [0.2, 0.25) is 0 Å². The highest BCUT2D eigenvalue weighted by molar-refractivity contribution is 5.80. The van der Waals surface area contributed by atoms with Gasteiger partial charge in [-0.2, -0.15) is 0 Å². The van der Waals surface area contributed by atoms with Crippen molar-refractivity contribution in [2.45, 2.75) is 52.2 Å². The molecule has 2 atom stereocenters. The van der Waals surface area contributed by atoms with E-state index >= 15 is 0 Å². The van der Waals surface area contributed by atoms with Crippen LogP contribution in [0.3, 0.4) is 0 Å². The van der Waals surface area contributed by atoms with Crippen LogP contribution in [-0.4, -0.2) is 49.4 Å². The van der Waals surface area contributed by atoms with Crippen molar-refractivity contribution in [3.63, 3.8) is 0 Å². The van der Waals surface area contributed by atoms with Crippen molar-refractivity contribution in [1.29, 1.82) is 0 Å². The molecular weight excluding hydrogens is 348 g/mol. The first-order valence-electron chi connectivity index (χ1n) is 9.60. The molecule has 0 bridgehead atoms. The first-order valence-corrected chi connectivity index (χ1v) is 9.60. The van der Waals surface area contributed by atoms with Gasteiger partial charge in [0.05, 0.1) is 19.2 Å². The number of nitrogens with one attached hydrogen (secondary N) is 3. The minimum atomic E-state index is -1.20. The van der Waals surface area contributed by atoms with Gasteiger partial charge in [-0.05, 0) is 58.6 Å². The highest BCUT2D eigenvalue weighted by Gasteiger charge is 2.33. The van der Waals surface area contributed by atoms with E-state index in [9.17, 15) is 9.90 Å². The highest BCUT2D eigenvalue weighted by atomic mass is 16.5. The molecular formula is C19H32N4O4. The SMILES string of the molecule is CCNC(=NCC(C)(O)c1ccc(C)o1)NCC(NC(=O)OCC)C1CC1. The molecule has 2 unspecified atom stereocenters. The lowest BCUT2D eigenvalue weighted by molar-refractivity contribution is 0.0428. The monoisotopic (exact) mass is 380 g/mol. The highest BCUT2D eigenvalue weighted by Crippen LogP contribution is 2.32. The molecule has 4 N–H and O–H groups in total. The van der Waals surface area contributed by atoms with Crippen molar-refractivity contribution >= 4 is 12.1 Å². The zero-order valence-corrected chi connectivity index (χ0v) is 16.7. The predicted molar refractivity (Wildman–Crippen MR) is 104 cm³/mol. The van der Waals surface area contributed by atoms with Crippen molar-refractivity contribution in [3.8, 4) is 0 Å². The second-order valence-electron chi connectivity index (χ2n) is 7.07. The number of nitrogens with zero attached hydrogens (tertiary/aromatic N) is 1. The molecule has 1 amide bonds. The van der Waals surface area contributed by atoms with Crippen LogP contribution in [-0.2, 0) is 10.3 Å². The Balaban J connectivity index is 1.94. The number of aryl methyl sites for hydroxylation is 1. The maximum atomic E-state index is 11.7. The summed E-state index contributed by atoms with van der Waals surface area (Å²) in [6.07, 6.45) is 1.80. The number of rotatable bonds is 9. The summed E-state index contributed by atoms with van der Waals surface area (Å²) in [6, 6.07) is 3.57. The number of alkyl carbamates (subject to hydrolysis) is 1. The normalized spacial score (nSPS) is 17.7. The zero-order chi connectivity index (χ0) is 19.9. The number of amides is 1. The molecule has 0 radical (unpaired) electrons. The molecule has 8 nitrogen and oxygen atoms in total. The Bertz CT molecular complexity index is 637. The van der Waals surface area contributed by atoms with E-state index in [1.165, 1.54) is 0 Å². The van der Waals surface area contributed by atoms with E-state index in [-0.39, 0.29) is 12.6 Å². The Morgan fingerprint density at radius 3 is 2.70 bits per heavy atom. The third-order valence-corrected chi connectivity index (χ3v) is 4.42. The molecule has 0 spiro atoms. The summed E-state index contributed by atoms with van der Waals surface area (Å²) in [4.78, 5) is 16.2. The standard InChI is InChI=1S/C19H32N4O4/c1-5-20-17(22-12-19(4,25)16-10-7-13(3)27-16)21-11-15(14-8-9-14)23-18(24)26-6-2/h7,10,14-15,25H,5-6,8-9,11-12H2,1-4H3,(H,23,24)(H2,20,21,22). The van der Waals surface area contributed by atoms with Crippen LogP contribution in [0, 0.1) is 12.8 Å². The number of furan rings is 1. The van der Waals surface area contributed by atoms with Gasteiger partial charge < -0.3 is 30.2 Å². The van der Waals surface area contributed by atoms with E-state index in [4.69, 9.17) is 9.15 Å². The molecule has 1 heterocycles. The van der Waals surface area contributed by atoms with Crippen LogP contribution in [0.4, 0.5) is 4.79 Å². The first kappa shape index (κ1) is 21.1. The Morgan fingerprint density at radius 2 is 2.15 bits per heavy atom. The van der Waals surface area contributed by atoms with Gasteiger partial charge in [-0.3, -0.25) is 0 Å². The molecule has 0 aliphatic heterocycles. The topological polar surface area (TPSA) is 108 Å². The van der Waals surface area contributed by atoms with Gasteiger partial charge in [0.25, 0.3) is 0 Å². The van der Waals surface area contributed by atoms with Crippen LogP contribution in [0.15, 0.2) is 21.5 Å². The van der Waals surface area contributed by atoms with Crippen molar-refractivity contribution in [1.82, 2.24) is 16.0 Å². The minimum absolute atomic E-state index is 0.0128. The average Bonchev–Trinajstić information content (AvgIpc) is 3.36. The van der Waals surface area contributed by atoms with Crippen LogP contribution in [0.25, 0.3) is 0 Å². The quantitative estimate of drug-likeness (QED) is 0.385. The fraction of sp³-hybridized carbons (Fsp3) is 0.684. The number of hydrogen-bond donors (Lipinski definition) is 4. The van der Waals surface area contributed by atoms with Crippen LogP contribution < -0.4 is 16.0 Å². The summed E-state index contributed by atoms with van der Waals surface area (Å²) in [6.45, 7) is 8.99. The van der Waals surface area contributed by atoms with E-state index in [0.717, 1.165) is 18.6 Å². The molecule has 2 rings (SSSR count). The van der Waals surface area contributed by atoms with Gasteiger partial charge in [0.2, 0.25) is 0 Å². The van der Waals surface area contributed by atoms with E-state index < -0.39 is 11.7 Å². The van der Waals surface area contributed by atoms with Crippen molar-refractivity contribution in [3.05, 3.63) is 23.7 Å². The second kappa shape index (κ2) is 9.64. The summed E-state index contributed by atoms with van der Waals surface area (Å²) in [5, 5.41) is 20.0. The summed E-state index contributed by atoms with van der Waals surface area (Å²) in [7, 11) is 0. The molecule has 0 aromatic carbocycles. The number of aliphatic hydroxyl groups is 1. The number of carbonyl (C=O) groups excluding carboxylic acids is 1. The fourth-order valence-corrected chi connectivity index (χ4v) is 2.74. The molecule has 152 valence electrons.